The second-order valence-electron chi connectivity index (χ2n) is 4.86. The zero-order valence-corrected chi connectivity index (χ0v) is 12.2. The molecule has 0 saturated carbocycles. The van der Waals surface area contributed by atoms with Crippen LogP contribution in [0.1, 0.15) is 18.2 Å². The minimum absolute atomic E-state index is 0.211. The molecule has 1 aromatic heterocycles. The van der Waals surface area contributed by atoms with Crippen molar-refractivity contribution in [2.45, 2.75) is 12.5 Å². The molecule has 0 amide bonds. The summed E-state index contributed by atoms with van der Waals surface area (Å²) in [7, 11) is 0. The molecule has 1 atom stereocenters. The molecule has 108 valence electrons. The molecule has 1 unspecified atom stereocenters. The Balaban J connectivity index is 1.64. The summed E-state index contributed by atoms with van der Waals surface area (Å²) >= 11 is 6.10. The number of halogens is 1. The van der Waals surface area contributed by atoms with E-state index < -0.39 is 0 Å². The second kappa shape index (κ2) is 6.20. The van der Waals surface area contributed by atoms with Gasteiger partial charge in [0.25, 0.3) is 0 Å². The highest BCUT2D eigenvalue weighted by atomic mass is 35.5. The van der Waals surface area contributed by atoms with Gasteiger partial charge in [0.15, 0.2) is 5.58 Å². The van der Waals surface area contributed by atoms with E-state index >= 15 is 0 Å². The van der Waals surface area contributed by atoms with E-state index in [9.17, 15) is 0 Å². The van der Waals surface area contributed by atoms with Crippen LogP contribution in [0.3, 0.4) is 0 Å². The predicted molar refractivity (Wildman–Crippen MR) is 84.7 cm³/mol. The smallest absolute Gasteiger partial charge is 0.152 e. The van der Waals surface area contributed by atoms with Gasteiger partial charge in [-0.2, -0.15) is 0 Å². The maximum absolute atomic E-state index is 6.16. The lowest BCUT2D eigenvalue weighted by Crippen LogP contribution is -2.13. The van der Waals surface area contributed by atoms with Gasteiger partial charge in [0, 0.05) is 11.8 Å². The zero-order chi connectivity index (χ0) is 14.7. The molecule has 0 aliphatic carbocycles. The van der Waals surface area contributed by atoms with Crippen LogP contribution < -0.4 is 10.5 Å². The summed E-state index contributed by atoms with van der Waals surface area (Å²) in [5.74, 6) is 1.58. The lowest BCUT2D eigenvalue weighted by Gasteiger charge is -2.10. The van der Waals surface area contributed by atoms with Crippen LogP contribution in [-0.2, 0) is 0 Å². The van der Waals surface area contributed by atoms with Crippen LogP contribution in [0.25, 0.3) is 11.0 Å². The molecular formula is C17H16ClNO2. The summed E-state index contributed by atoms with van der Waals surface area (Å²) in [5, 5.41) is 1.57. The van der Waals surface area contributed by atoms with Crippen molar-refractivity contribution in [2.75, 3.05) is 6.61 Å². The topological polar surface area (TPSA) is 48.4 Å². The monoisotopic (exact) mass is 301 g/mol. The van der Waals surface area contributed by atoms with Gasteiger partial charge in [-0.15, -0.1) is 0 Å². The van der Waals surface area contributed by atoms with E-state index in [1.807, 2.05) is 48.5 Å². The highest BCUT2D eigenvalue weighted by molar-refractivity contribution is 6.34. The third kappa shape index (κ3) is 3.20. The summed E-state index contributed by atoms with van der Waals surface area (Å²) in [4.78, 5) is 0. The predicted octanol–water partition coefficient (Wildman–Crippen LogP) is 4.56. The summed E-state index contributed by atoms with van der Waals surface area (Å²) in [5.41, 5.74) is 6.84. The molecule has 21 heavy (non-hydrogen) atoms. The van der Waals surface area contributed by atoms with Gasteiger partial charge in [-0.3, -0.25) is 0 Å². The number of rotatable bonds is 5. The first kappa shape index (κ1) is 14.0. The van der Waals surface area contributed by atoms with Crippen molar-refractivity contribution in [3.8, 4) is 5.75 Å². The molecule has 0 saturated heterocycles. The summed E-state index contributed by atoms with van der Waals surface area (Å²) in [6.45, 7) is 0.538. The minimum atomic E-state index is -0.211. The van der Waals surface area contributed by atoms with Gasteiger partial charge in [-0.25, -0.2) is 0 Å². The number of hydrogen-bond donors (Lipinski definition) is 1. The second-order valence-corrected chi connectivity index (χ2v) is 5.27. The van der Waals surface area contributed by atoms with E-state index in [0.29, 0.717) is 23.6 Å². The number of benzene rings is 2. The van der Waals surface area contributed by atoms with Crippen LogP contribution in [0, 0.1) is 0 Å². The zero-order valence-electron chi connectivity index (χ0n) is 11.5. The standard InChI is InChI=1S/C17H16ClNO2/c18-14-8-4-5-12-11-16(21-17(12)14)15(19)9-10-20-13-6-2-1-3-7-13/h1-8,11,15H,9-10,19H2. The van der Waals surface area contributed by atoms with E-state index in [1.54, 1.807) is 6.07 Å². The fourth-order valence-corrected chi connectivity index (χ4v) is 2.41. The number of para-hydroxylation sites is 2. The van der Waals surface area contributed by atoms with E-state index in [0.717, 1.165) is 16.9 Å². The Kier molecular flexibility index (Phi) is 4.13. The molecule has 0 bridgehead atoms. The van der Waals surface area contributed by atoms with Crippen molar-refractivity contribution in [1.82, 2.24) is 0 Å². The Morgan fingerprint density at radius 1 is 1.10 bits per heavy atom. The van der Waals surface area contributed by atoms with Crippen molar-refractivity contribution >= 4 is 22.6 Å². The average Bonchev–Trinajstić information content (AvgIpc) is 2.94. The molecule has 0 fully saturated rings. The quantitative estimate of drug-likeness (QED) is 0.752. The van der Waals surface area contributed by atoms with Gasteiger partial charge in [0.1, 0.15) is 11.5 Å². The Morgan fingerprint density at radius 3 is 2.67 bits per heavy atom. The van der Waals surface area contributed by atoms with E-state index in [1.165, 1.54) is 0 Å². The molecule has 3 rings (SSSR count). The number of ether oxygens (including phenoxy) is 1. The molecule has 3 nitrogen and oxygen atoms in total. The van der Waals surface area contributed by atoms with Crippen LogP contribution in [0.2, 0.25) is 5.02 Å². The van der Waals surface area contributed by atoms with Gasteiger partial charge >= 0.3 is 0 Å². The first-order chi connectivity index (χ1) is 10.2. The van der Waals surface area contributed by atoms with Crippen LogP contribution >= 0.6 is 11.6 Å². The van der Waals surface area contributed by atoms with Gasteiger partial charge in [-0.1, -0.05) is 41.9 Å². The van der Waals surface area contributed by atoms with Gasteiger partial charge < -0.3 is 14.9 Å². The molecular weight excluding hydrogens is 286 g/mol. The van der Waals surface area contributed by atoms with Crippen molar-refractivity contribution in [3.05, 3.63) is 65.4 Å². The molecule has 2 aromatic carbocycles. The number of hydrogen-bond acceptors (Lipinski definition) is 3. The van der Waals surface area contributed by atoms with Gasteiger partial charge in [0.2, 0.25) is 0 Å². The highest BCUT2D eigenvalue weighted by Gasteiger charge is 2.13. The summed E-state index contributed by atoms with van der Waals surface area (Å²) in [6, 6.07) is 17.1. The Morgan fingerprint density at radius 2 is 1.90 bits per heavy atom. The minimum Gasteiger partial charge on any atom is -0.494 e. The fraction of sp³-hybridized carbons (Fsp3) is 0.176. The molecule has 0 spiro atoms. The fourth-order valence-electron chi connectivity index (χ4n) is 2.19. The maximum Gasteiger partial charge on any atom is 0.152 e. The van der Waals surface area contributed by atoms with Crippen LogP contribution in [-0.4, -0.2) is 6.61 Å². The first-order valence-corrected chi connectivity index (χ1v) is 7.23. The number of nitrogens with two attached hydrogens (primary N) is 1. The molecule has 0 aliphatic rings. The molecule has 0 radical (unpaired) electrons. The van der Waals surface area contributed by atoms with Crippen molar-refractivity contribution < 1.29 is 9.15 Å². The highest BCUT2D eigenvalue weighted by Crippen LogP contribution is 2.29. The number of fused-ring (bicyclic) bond motifs is 1. The molecule has 3 aromatic rings. The molecule has 4 heteroatoms. The SMILES string of the molecule is NC(CCOc1ccccc1)c1cc2cccc(Cl)c2o1. The first-order valence-electron chi connectivity index (χ1n) is 6.85. The van der Waals surface area contributed by atoms with Crippen molar-refractivity contribution in [1.29, 1.82) is 0 Å². The van der Waals surface area contributed by atoms with Crippen molar-refractivity contribution in [3.63, 3.8) is 0 Å². The van der Waals surface area contributed by atoms with Crippen LogP contribution in [0.15, 0.2) is 59.0 Å². The lowest BCUT2D eigenvalue weighted by atomic mass is 10.1. The van der Waals surface area contributed by atoms with Gasteiger partial charge in [-0.05, 0) is 24.3 Å². The Bertz CT molecular complexity index is 724. The third-order valence-electron chi connectivity index (χ3n) is 3.32. The number of furan rings is 1. The third-order valence-corrected chi connectivity index (χ3v) is 3.62. The Labute approximate surface area is 128 Å². The van der Waals surface area contributed by atoms with E-state index in [2.05, 4.69) is 0 Å². The molecule has 1 heterocycles. The Hall–Kier alpha value is -1.97. The summed E-state index contributed by atoms with van der Waals surface area (Å²) < 4.78 is 11.4. The van der Waals surface area contributed by atoms with Crippen LogP contribution in [0.4, 0.5) is 0 Å². The maximum atomic E-state index is 6.16. The van der Waals surface area contributed by atoms with E-state index in [-0.39, 0.29) is 6.04 Å². The largest absolute Gasteiger partial charge is 0.494 e. The van der Waals surface area contributed by atoms with Crippen LogP contribution in [0.5, 0.6) is 5.75 Å². The molecule has 0 aliphatic heterocycles. The summed E-state index contributed by atoms with van der Waals surface area (Å²) in [6.07, 6.45) is 0.673. The normalized spacial score (nSPS) is 12.5. The van der Waals surface area contributed by atoms with E-state index in [4.69, 9.17) is 26.5 Å². The molecule has 2 N–H and O–H groups in total. The average molecular weight is 302 g/mol. The van der Waals surface area contributed by atoms with Crippen molar-refractivity contribution in [2.24, 2.45) is 5.73 Å². The van der Waals surface area contributed by atoms with Gasteiger partial charge in [0.05, 0.1) is 17.7 Å². The lowest BCUT2D eigenvalue weighted by molar-refractivity contribution is 0.291.